The van der Waals surface area contributed by atoms with Crippen molar-refractivity contribution in [1.29, 1.82) is 0 Å². The van der Waals surface area contributed by atoms with Gasteiger partial charge in [-0.3, -0.25) is 4.90 Å². The fourth-order valence-electron chi connectivity index (χ4n) is 2.14. The highest BCUT2D eigenvalue weighted by molar-refractivity contribution is 9.10. The fourth-order valence-corrected chi connectivity index (χ4v) is 2.76. The van der Waals surface area contributed by atoms with E-state index in [0.717, 1.165) is 23.4 Å². The minimum atomic E-state index is 0.239. The lowest BCUT2D eigenvalue weighted by atomic mass is 10.3. The molecule has 0 atom stereocenters. The third kappa shape index (κ3) is 1.66. The van der Waals surface area contributed by atoms with Gasteiger partial charge in [0.15, 0.2) is 0 Å². The summed E-state index contributed by atoms with van der Waals surface area (Å²) in [5, 5.41) is 14.4. The highest BCUT2D eigenvalue weighted by Gasteiger charge is 2.25. The number of nitrogens with zero attached hydrogens (tertiary/aromatic N) is 3. The lowest BCUT2D eigenvalue weighted by Crippen LogP contribution is -2.10. The van der Waals surface area contributed by atoms with Gasteiger partial charge in [-0.25, -0.2) is 4.68 Å². The van der Waals surface area contributed by atoms with Crippen molar-refractivity contribution in [3.05, 3.63) is 40.1 Å². The van der Waals surface area contributed by atoms with Gasteiger partial charge in [0.1, 0.15) is 16.0 Å². The quantitative estimate of drug-likeness (QED) is 0.877. The second kappa shape index (κ2) is 3.85. The molecular formula is C12H12BrN3O. The third-order valence-corrected chi connectivity index (χ3v) is 3.78. The van der Waals surface area contributed by atoms with Crippen LogP contribution >= 0.6 is 15.9 Å². The summed E-state index contributed by atoms with van der Waals surface area (Å²) in [5.41, 5.74) is 2.98. The van der Waals surface area contributed by atoms with Gasteiger partial charge in [-0.1, -0.05) is 12.1 Å². The monoisotopic (exact) mass is 293 g/mol. The SMILES string of the molecule is CN1Cc2nn(-c3ccccc3O)c(Br)c2C1. The molecule has 1 aliphatic rings. The van der Waals surface area contributed by atoms with Crippen LogP contribution in [0, 0.1) is 0 Å². The molecule has 2 aromatic rings. The predicted octanol–water partition coefficient (Wildman–Crippen LogP) is 2.29. The first-order valence-electron chi connectivity index (χ1n) is 5.40. The maximum atomic E-state index is 9.84. The number of benzene rings is 1. The van der Waals surface area contributed by atoms with Crippen molar-refractivity contribution in [2.24, 2.45) is 0 Å². The van der Waals surface area contributed by atoms with Crippen LogP contribution in [0.1, 0.15) is 11.3 Å². The molecule has 0 bridgehead atoms. The summed E-state index contributed by atoms with van der Waals surface area (Å²) in [5.74, 6) is 0.239. The van der Waals surface area contributed by atoms with Gasteiger partial charge in [-0.2, -0.15) is 5.10 Å². The predicted molar refractivity (Wildman–Crippen MR) is 68.1 cm³/mol. The van der Waals surface area contributed by atoms with Gasteiger partial charge in [-0.05, 0) is 35.1 Å². The van der Waals surface area contributed by atoms with Crippen molar-refractivity contribution < 1.29 is 5.11 Å². The molecule has 0 spiro atoms. The number of phenols is 1. The molecule has 0 saturated heterocycles. The van der Waals surface area contributed by atoms with Crippen molar-refractivity contribution in [2.75, 3.05) is 7.05 Å². The first-order valence-corrected chi connectivity index (χ1v) is 6.19. The molecular weight excluding hydrogens is 282 g/mol. The van der Waals surface area contributed by atoms with E-state index in [2.05, 4.69) is 33.0 Å². The summed E-state index contributed by atoms with van der Waals surface area (Å²) in [6.07, 6.45) is 0. The minimum Gasteiger partial charge on any atom is -0.506 e. The molecule has 0 unspecified atom stereocenters. The average Bonchev–Trinajstić information content (AvgIpc) is 2.79. The van der Waals surface area contributed by atoms with Crippen LogP contribution in [0.5, 0.6) is 5.75 Å². The molecule has 1 aliphatic heterocycles. The number of halogens is 1. The van der Waals surface area contributed by atoms with E-state index in [9.17, 15) is 5.11 Å². The Balaban J connectivity index is 2.13. The molecule has 0 radical (unpaired) electrons. The third-order valence-electron chi connectivity index (χ3n) is 2.96. The molecule has 1 N–H and O–H groups in total. The van der Waals surface area contributed by atoms with Gasteiger partial charge in [0.25, 0.3) is 0 Å². The van der Waals surface area contributed by atoms with Crippen LogP contribution in [0.25, 0.3) is 5.69 Å². The highest BCUT2D eigenvalue weighted by atomic mass is 79.9. The van der Waals surface area contributed by atoms with E-state index in [1.807, 2.05) is 12.1 Å². The maximum absolute atomic E-state index is 9.84. The zero-order valence-electron chi connectivity index (χ0n) is 9.39. The zero-order valence-corrected chi connectivity index (χ0v) is 11.0. The Bertz CT molecular complexity index is 579. The summed E-state index contributed by atoms with van der Waals surface area (Å²) in [4.78, 5) is 2.21. The number of hydrogen-bond donors (Lipinski definition) is 1. The lowest BCUT2D eigenvalue weighted by molar-refractivity contribution is 0.346. The molecule has 17 heavy (non-hydrogen) atoms. The van der Waals surface area contributed by atoms with Crippen molar-refractivity contribution in [3.63, 3.8) is 0 Å². The van der Waals surface area contributed by atoms with E-state index in [1.54, 1.807) is 16.8 Å². The number of aromatic hydroxyl groups is 1. The molecule has 3 rings (SSSR count). The smallest absolute Gasteiger partial charge is 0.141 e. The standard InChI is InChI=1S/C12H12BrN3O/c1-15-6-8-9(7-15)14-16(12(8)13)10-4-2-3-5-11(10)17/h2-5,17H,6-7H2,1H3. The minimum absolute atomic E-state index is 0.239. The van der Waals surface area contributed by atoms with Gasteiger partial charge in [0.05, 0.1) is 5.69 Å². The Kier molecular flexibility index (Phi) is 2.45. The van der Waals surface area contributed by atoms with E-state index >= 15 is 0 Å². The molecule has 88 valence electrons. The molecule has 0 saturated carbocycles. The van der Waals surface area contributed by atoms with Crippen LogP contribution in [0.3, 0.4) is 0 Å². The van der Waals surface area contributed by atoms with Crippen LogP contribution in [0.2, 0.25) is 0 Å². The number of hydrogen-bond acceptors (Lipinski definition) is 3. The summed E-state index contributed by atoms with van der Waals surface area (Å²) in [6, 6.07) is 7.21. The molecule has 0 fully saturated rings. The Hall–Kier alpha value is -1.33. The fraction of sp³-hybridized carbons (Fsp3) is 0.250. The number of aromatic nitrogens is 2. The summed E-state index contributed by atoms with van der Waals surface area (Å²) in [6.45, 7) is 1.75. The second-order valence-corrected chi connectivity index (χ2v) is 5.04. The normalized spacial score (nSPS) is 15.2. The number of para-hydroxylation sites is 2. The van der Waals surface area contributed by atoms with Crippen LogP contribution in [0.4, 0.5) is 0 Å². The van der Waals surface area contributed by atoms with E-state index < -0.39 is 0 Å². The van der Waals surface area contributed by atoms with E-state index in [4.69, 9.17) is 0 Å². The van der Waals surface area contributed by atoms with Crippen LogP contribution in [-0.2, 0) is 13.1 Å². The van der Waals surface area contributed by atoms with Gasteiger partial charge >= 0.3 is 0 Å². The van der Waals surface area contributed by atoms with Crippen LogP contribution < -0.4 is 0 Å². The van der Waals surface area contributed by atoms with Gasteiger partial charge < -0.3 is 5.11 Å². The zero-order chi connectivity index (χ0) is 12.0. The van der Waals surface area contributed by atoms with E-state index in [-0.39, 0.29) is 5.75 Å². The molecule has 4 nitrogen and oxygen atoms in total. The summed E-state index contributed by atoms with van der Waals surface area (Å²) in [7, 11) is 2.07. The average molecular weight is 294 g/mol. The highest BCUT2D eigenvalue weighted by Crippen LogP contribution is 2.32. The maximum Gasteiger partial charge on any atom is 0.141 e. The van der Waals surface area contributed by atoms with E-state index in [1.165, 1.54) is 5.56 Å². The summed E-state index contributed by atoms with van der Waals surface area (Å²) >= 11 is 3.56. The molecule has 1 aromatic carbocycles. The Labute approximate surface area is 108 Å². The Morgan fingerprint density at radius 1 is 1.29 bits per heavy atom. The van der Waals surface area contributed by atoms with Gasteiger partial charge in [-0.15, -0.1) is 0 Å². The molecule has 1 aromatic heterocycles. The van der Waals surface area contributed by atoms with Crippen molar-refractivity contribution in [3.8, 4) is 11.4 Å². The number of fused-ring (bicyclic) bond motifs is 1. The van der Waals surface area contributed by atoms with Gasteiger partial charge in [0.2, 0.25) is 0 Å². The van der Waals surface area contributed by atoms with Crippen LogP contribution in [-0.4, -0.2) is 26.8 Å². The van der Waals surface area contributed by atoms with Crippen LogP contribution in [0.15, 0.2) is 28.9 Å². The number of rotatable bonds is 1. The topological polar surface area (TPSA) is 41.3 Å². The Morgan fingerprint density at radius 2 is 2.06 bits per heavy atom. The Morgan fingerprint density at radius 3 is 2.76 bits per heavy atom. The van der Waals surface area contributed by atoms with Crippen molar-refractivity contribution >= 4 is 15.9 Å². The second-order valence-electron chi connectivity index (χ2n) is 4.29. The largest absolute Gasteiger partial charge is 0.506 e. The van der Waals surface area contributed by atoms with Crippen molar-refractivity contribution in [1.82, 2.24) is 14.7 Å². The first kappa shape index (κ1) is 10.8. The lowest BCUT2D eigenvalue weighted by Gasteiger charge is -2.09. The van der Waals surface area contributed by atoms with E-state index in [0.29, 0.717) is 5.69 Å². The molecule has 2 heterocycles. The molecule has 0 aliphatic carbocycles. The molecule has 5 heteroatoms. The van der Waals surface area contributed by atoms with Gasteiger partial charge in [0, 0.05) is 18.7 Å². The number of phenolic OH excluding ortho intramolecular Hbond substituents is 1. The van der Waals surface area contributed by atoms with Crippen molar-refractivity contribution in [2.45, 2.75) is 13.1 Å². The summed E-state index contributed by atoms with van der Waals surface area (Å²) < 4.78 is 2.69. The first-order chi connectivity index (χ1) is 8.16. The molecule has 0 amide bonds.